The molecule has 1 aromatic rings. The van der Waals surface area contributed by atoms with Gasteiger partial charge in [-0.1, -0.05) is 18.2 Å². The molecule has 96 valence electrons. The van der Waals surface area contributed by atoms with Crippen molar-refractivity contribution in [2.24, 2.45) is 0 Å². The van der Waals surface area contributed by atoms with Crippen LogP contribution in [-0.2, 0) is 6.42 Å². The van der Waals surface area contributed by atoms with E-state index < -0.39 is 0 Å². The molecule has 1 fully saturated rings. The molecule has 3 heteroatoms. The predicted octanol–water partition coefficient (Wildman–Crippen LogP) is 1.83. The van der Waals surface area contributed by atoms with Crippen molar-refractivity contribution in [2.75, 3.05) is 19.6 Å². The smallest absolute Gasteiger partial charge is 0.254 e. The molecule has 2 heterocycles. The van der Waals surface area contributed by atoms with E-state index in [-0.39, 0.29) is 5.91 Å². The van der Waals surface area contributed by atoms with Crippen molar-refractivity contribution in [3.63, 3.8) is 0 Å². The zero-order valence-electron chi connectivity index (χ0n) is 10.7. The van der Waals surface area contributed by atoms with Crippen LogP contribution in [0.15, 0.2) is 24.3 Å². The van der Waals surface area contributed by atoms with Gasteiger partial charge in [0.2, 0.25) is 0 Å². The Morgan fingerprint density at radius 1 is 1.17 bits per heavy atom. The lowest BCUT2D eigenvalue weighted by Gasteiger charge is -2.35. The first-order valence-corrected chi connectivity index (χ1v) is 6.96. The number of nitrogens with one attached hydrogen (secondary N) is 1. The quantitative estimate of drug-likeness (QED) is 0.817. The Morgan fingerprint density at radius 3 is 3.00 bits per heavy atom. The van der Waals surface area contributed by atoms with Gasteiger partial charge in [-0.25, -0.2) is 0 Å². The maximum atomic E-state index is 12.5. The molecule has 1 amide bonds. The average Bonchev–Trinajstić information content (AvgIpc) is 2.68. The number of benzene rings is 1. The number of hydrogen-bond donors (Lipinski definition) is 1. The van der Waals surface area contributed by atoms with Crippen molar-refractivity contribution >= 4 is 5.91 Å². The highest BCUT2D eigenvalue weighted by molar-refractivity contribution is 5.96. The van der Waals surface area contributed by atoms with Crippen molar-refractivity contribution in [3.05, 3.63) is 35.4 Å². The average molecular weight is 244 g/mol. The summed E-state index contributed by atoms with van der Waals surface area (Å²) < 4.78 is 0. The lowest BCUT2D eigenvalue weighted by molar-refractivity contribution is 0.0645. The van der Waals surface area contributed by atoms with Crippen molar-refractivity contribution in [2.45, 2.75) is 31.7 Å². The van der Waals surface area contributed by atoms with Crippen LogP contribution in [0.5, 0.6) is 0 Å². The molecule has 1 atom stereocenters. The Hall–Kier alpha value is -1.35. The number of carbonyl (C=O) groups excluding carboxylic acids is 1. The van der Waals surface area contributed by atoms with Crippen LogP contribution < -0.4 is 5.32 Å². The molecule has 2 aliphatic rings. The number of nitrogens with zero attached hydrogens (tertiary/aromatic N) is 1. The highest BCUT2D eigenvalue weighted by Gasteiger charge is 2.29. The highest BCUT2D eigenvalue weighted by Crippen LogP contribution is 2.23. The zero-order chi connectivity index (χ0) is 12.4. The Kier molecular flexibility index (Phi) is 3.33. The summed E-state index contributed by atoms with van der Waals surface area (Å²) in [5.74, 6) is 0.240. The molecule has 0 aliphatic carbocycles. The van der Waals surface area contributed by atoms with Crippen LogP contribution in [0.1, 0.15) is 35.2 Å². The maximum absolute atomic E-state index is 12.5. The van der Waals surface area contributed by atoms with Gasteiger partial charge in [0, 0.05) is 18.2 Å². The number of rotatable bonds is 1. The van der Waals surface area contributed by atoms with Gasteiger partial charge >= 0.3 is 0 Å². The number of hydrogen-bond acceptors (Lipinski definition) is 2. The summed E-state index contributed by atoms with van der Waals surface area (Å²) in [4.78, 5) is 14.6. The monoisotopic (exact) mass is 244 g/mol. The largest absolute Gasteiger partial charge is 0.335 e. The van der Waals surface area contributed by atoms with Crippen molar-refractivity contribution in [3.8, 4) is 0 Å². The van der Waals surface area contributed by atoms with Crippen LogP contribution in [0.25, 0.3) is 0 Å². The molecular formula is C15H20N2O. The van der Waals surface area contributed by atoms with E-state index in [0.717, 1.165) is 44.5 Å². The van der Waals surface area contributed by atoms with E-state index in [9.17, 15) is 4.79 Å². The maximum Gasteiger partial charge on any atom is 0.254 e. The summed E-state index contributed by atoms with van der Waals surface area (Å²) in [6.07, 6.45) is 4.41. The van der Waals surface area contributed by atoms with E-state index in [1.54, 1.807) is 0 Å². The SMILES string of the molecule is O=C1c2ccccc2CCN1C1CCCNCC1. The van der Waals surface area contributed by atoms with Gasteiger partial charge in [-0.15, -0.1) is 0 Å². The molecule has 18 heavy (non-hydrogen) atoms. The third-order valence-electron chi connectivity index (χ3n) is 4.12. The van der Waals surface area contributed by atoms with Gasteiger partial charge in [-0.3, -0.25) is 4.79 Å². The second-order valence-electron chi connectivity index (χ2n) is 5.24. The van der Waals surface area contributed by atoms with Gasteiger partial charge in [0.25, 0.3) is 5.91 Å². The minimum Gasteiger partial charge on any atom is -0.335 e. The highest BCUT2D eigenvalue weighted by atomic mass is 16.2. The third kappa shape index (κ3) is 2.15. The number of fused-ring (bicyclic) bond motifs is 1. The first-order chi connectivity index (χ1) is 8.86. The summed E-state index contributed by atoms with van der Waals surface area (Å²) in [7, 11) is 0. The molecule has 1 unspecified atom stereocenters. The normalized spacial score (nSPS) is 24.6. The van der Waals surface area contributed by atoms with Gasteiger partial charge < -0.3 is 10.2 Å². The van der Waals surface area contributed by atoms with Crippen LogP contribution in [0, 0.1) is 0 Å². The topological polar surface area (TPSA) is 32.3 Å². The Labute approximate surface area is 108 Å². The molecule has 1 aromatic carbocycles. The lowest BCUT2D eigenvalue weighted by Crippen LogP contribution is -2.45. The molecule has 2 aliphatic heterocycles. The molecule has 3 rings (SSSR count). The van der Waals surface area contributed by atoms with Crippen molar-refractivity contribution in [1.82, 2.24) is 10.2 Å². The summed E-state index contributed by atoms with van der Waals surface area (Å²) in [5.41, 5.74) is 2.13. The van der Waals surface area contributed by atoms with Gasteiger partial charge in [-0.2, -0.15) is 0 Å². The predicted molar refractivity (Wildman–Crippen MR) is 71.7 cm³/mol. The first-order valence-electron chi connectivity index (χ1n) is 6.96. The fraction of sp³-hybridized carbons (Fsp3) is 0.533. The molecular weight excluding hydrogens is 224 g/mol. The van der Waals surface area contributed by atoms with Crippen molar-refractivity contribution < 1.29 is 4.79 Å². The lowest BCUT2D eigenvalue weighted by atomic mass is 9.96. The Morgan fingerprint density at radius 2 is 2.06 bits per heavy atom. The molecule has 0 saturated carbocycles. The van der Waals surface area contributed by atoms with Gasteiger partial charge in [-0.05, 0) is 50.4 Å². The number of amides is 1. The summed E-state index contributed by atoms with van der Waals surface area (Å²) >= 11 is 0. The fourth-order valence-electron chi connectivity index (χ4n) is 3.10. The van der Waals surface area contributed by atoms with Crippen LogP contribution in [-0.4, -0.2) is 36.5 Å². The summed E-state index contributed by atoms with van der Waals surface area (Å²) in [5, 5.41) is 3.41. The molecule has 3 nitrogen and oxygen atoms in total. The zero-order valence-corrected chi connectivity index (χ0v) is 10.7. The van der Waals surface area contributed by atoms with E-state index in [4.69, 9.17) is 0 Å². The van der Waals surface area contributed by atoms with Crippen molar-refractivity contribution in [1.29, 1.82) is 0 Å². The molecule has 1 N–H and O–H groups in total. The fourth-order valence-corrected chi connectivity index (χ4v) is 3.10. The van der Waals surface area contributed by atoms with Crippen LogP contribution in [0.2, 0.25) is 0 Å². The molecule has 0 bridgehead atoms. The number of carbonyl (C=O) groups is 1. The first kappa shape index (κ1) is 11.7. The van der Waals surface area contributed by atoms with E-state index in [1.165, 1.54) is 12.0 Å². The van der Waals surface area contributed by atoms with E-state index in [2.05, 4.69) is 16.3 Å². The van der Waals surface area contributed by atoms with E-state index in [0.29, 0.717) is 6.04 Å². The minimum absolute atomic E-state index is 0.240. The second-order valence-corrected chi connectivity index (χ2v) is 5.24. The minimum atomic E-state index is 0.240. The van der Waals surface area contributed by atoms with E-state index in [1.807, 2.05) is 18.2 Å². The summed E-state index contributed by atoms with van der Waals surface area (Å²) in [6.45, 7) is 3.02. The van der Waals surface area contributed by atoms with Gasteiger partial charge in [0.1, 0.15) is 0 Å². The van der Waals surface area contributed by atoms with Crippen LogP contribution in [0.4, 0.5) is 0 Å². The van der Waals surface area contributed by atoms with Crippen LogP contribution >= 0.6 is 0 Å². The van der Waals surface area contributed by atoms with Gasteiger partial charge in [0.05, 0.1) is 0 Å². The molecule has 0 spiro atoms. The molecule has 1 saturated heterocycles. The van der Waals surface area contributed by atoms with Gasteiger partial charge in [0.15, 0.2) is 0 Å². The third-order valence-corrected chi connectivity index (χ3v) is 4.12. The van der Waals surface area contributed by atoms with Crippen LogP contribution in [0.3, 0.4) is 0 Å². The van der Waals surface area contributed by atoms with E-state index >= 15 is 0 Å². The Bertz CT molecular complexity index is 436. The molecule has 0 radical (unpaired) electrons. The second kappa shape index (κ2) is 5.11. The summed E-state index contributed by atoms with van der Waals surface area (Å²) in [6, 6.07) is 8.48. The standard InChI is InChI=1S/C15H20N2O/c18-15-14-6-2-1-4-12(14)8-11-17(15)13-5-3-9-16-10-7-13/h1-2,4,6,13,16H,3,5,7-11H2. The molecule has 0 aromatic heterocycles. The Balaban J connectivity index is 1.81.